The molecule has 0 unspecified atom stereocenters. The standard InChI is InChI=1S/C14H15NO/c1-11(16)7-14(10-15)8-13(9-14)12-5-3-2-4-6-12/h2-6,13H,7-9H2,1H3. The lowest BCUT2D eigenvalue weighted by Crippen LogP contribution is -2.36. The molecule has 16 heavy (non-hydrogen) atoms. The molecule has 0 N–H and O–H groups in total. The van der Waals surface area contributed by atoms with Crippen molar-refractivity contribution in [3.63, 3.8) is 0 Å². The number of carbonyl (C=O) groups is 1. The van der Waals surface area contributed by atoms with Crippen LogP contribution in [0.4, 0.5) is 0 Å². The minimum Gasteiger partial charge on any atom is -0.300 e. The Morgan fingerprint density at radius 3 is 2.56 bits per heavy atom. The number of carbonyl (C=O) groups excluding carboxylic acids is 1. The zero-order valence-corrected chi connectivity index (χ0v) is 9.44. The van der Waals surface area contributed by atoms with E-state index in [1.165, 1.54) is 5.56 Å². The molecule has 0 saturated heterocycles. The average molecular weight is 213 g/mol. The van der Waals surface area contributed by atoms with Crippen LogP contribution in [0.15, 0.2) is 30.3 Å². The first-order chi connectivity index (χ1) is 7.65. The Hall–Kier alpha value is -1.62. The highest BCUT2D eigenvalue weighted by Gasteiger charge is 2.45. The van der Waals surface area contributed by atoms with Crippen LogP contribution in [0.1, 0.15) is 37.7 Å². The molecule has 0 bridgehead atoms. The van der Waals surface area contributed by atoms with Crippen LogP contribution in [0.2, 0.25) is 0 Å². The molecular formula is C14H15NO. The van der Waals surface area contributed by atoms with Crippen molar-refractivity contribution >= 4 is 5.78 Å². The van der Waals surface area contributed by atoms with E-state index in [0.717, 1.165) is 12.8 Å². The SMILES string of the molecule is CC(=O)CC1(C#N)CC(c2ccccc2)C1. The summed E-state index contributed by atoms with van der Waals surface area (Å²) >= 11 is 0. The van der Waals surface area contributed by atoms with E-state index in [1.807, 2.05) is 18.2 Å². The lowest BCUT2D eigenvalue weighted by atomic mass is 9.59. The molecule has 0 aliphatic heterocycles. The van der Waals surface area contributed by atoms with Crippen LogP contribution in [-0.4, -0.2) is 5.78 Å². The molecule has 0 amide bonds. The highest BCUT2D eigenvalue weighted by atomic mass is 16.1. The summed E-state index contributed by atoms with van der Waals surface area (Å²) in [7, 11) is 0. The third-order valence-corrected chi connectivity index (χ3v) is 3.37. The monoisotopic (exact) mass is 213 g/mol. The summed E-state index contributed by atoms with van der Waals surface area (Å²) in [5.41, 5.74) is 0.906. The van der Waals surface area contributed by atoms with Crippen LogP contribution in [-0.2, 0) is 4.79 Å². The van der Waals surface area contributed by atoms with Gasteiger partial charge in [0.2, 0.25) is 0 Å². The highest BCUT2D eigenvalue weighted by Crippen LogP contribution is 2.52. The quantitative estimate of drug-likeness (QED) is 0.774. The Morgan fingerprint density at radius 2 is 2.06 bits per heavy atom. The van der Waals surface area contributed by atoms with Crippen LogP contribution in [0.3, 0.4) is 0 Å². The maximum Gasteiger partial charge on any atom is 0.131 e. The molecule has 1 fully saturated rings. The van der Waals surface area contributed by atoms with Gasteiger partial charge in [-0.15, -0.1) is 0 Å². The van der Waals surface area contributed by atoms with Crippen LogP contribution < -0.4 is 0 Å². The van der Waals surface area contributed by atoms with Gasteiger partial charge in [-0.25, -0.2) is 0 Å². The summed E-state index contributed by atoms with van der Waals surface area (Å²) in [4.78, 5) is 11.1. The molecule has 2 nitrogen and oxygen atoms in total. The summed E-state index contributed by atoms with van der Waals surface area (Å²) in [5, 5.41) is 9.15. The van der Waals surface area contributed by atoms with E-state index in [9.17, 15) is 4.79 Å². The minimum absolute atomic E-state index is 0.119. The molecule has 2 rings (SSSR count). The van der Waals surface area contributed by atoms with Crippen molar-refractivity contribution in [3.05, 3.63) is 35.9 Å². The van der Waals surface area contributed by atoms with E-state index in [2.05, 4.69) is 18.2 Å². The van der Waals surface area contributed by atoms with Gasteiger partial charge in [0, 0.05) is 6.42 Å². The minimum atomic E-state index is -0.383. The maximum atomic E-state index is 11.1. The van der Waals surface area contributed by atoms with Crippen molar-refractivity contribution in [1.82, 2.24) is 0 Å². The lowest BCUT2D eigenvalue weighted by molar-refractivity contribution is -0.119. The third kappa shape index (κ3) is 1.99. The van der Waals surface area contributed by atoms with Crippen molar-refractivity contribution in [2.75, 3.05) is 0 Å². The summed E-state index contributed by atoms with van der Waals surface area (Å²) in [6, 6.07) is 12.6. The number of hydrogen-bond acceptors (Lipinski definition) is 2. The van der Waals surface area contributed by atoms with E-state index in [-0.39, 0.29) is 11.2 Å². The summed E-state index contributed by atoms with van der Waals surface area (Å²) in [6.45, 7) is 1.56. The molecule has 1 saturated carbocycles. The summed E-state index contributed by atoms with van der Waals surface area (Å²) in [5.74, 6) is 0.577. The van der Waals surface area contributed by atoms with Crippen molar-refractivity contribution in [1.29, 1.82) is 5.26 Å². The number of nitrogens with zero attached hydrogens (tertiary/aromatic N) is 1. The predicted molar refractivity (Wildman–Crippen MR) is 61.8 cm³/mol. The Kier molecular flexibility index (Phi) is 2.78. The second-order valence-corrected chi connectivity index (χ2v) is 4.79. The van der Waals surface area contributed by atoms with Crippen molar-refractivity contribution < 1.29 is 4.79 Å². The second kappa shape index (κ2) is 4.09. The molecule has 1 aromatic carbocycles. The molecule has 0 heterocycles. The molecule has 2 heteroatoms. The fourth-order valence-electron chi connectivity index (χ4n) is 2.60. The zero-order valence-electron chi connectivity index (χ0n) is 9.44. The van der Waals surface area contributed by atoms with E-state index in [0.29, 0.717) is 12.3 Å². The van der Waals surface area contributed by atoms with Gasteiger partial charge in [0.15, 0.2) is 0 Å². The topological polar surface area (TPSA) is 40.9 Å². The highest BCUT2D eigenvalue weighted by molar-refractivity contribution is 5.77. The van der Waals surface area contributed by atoms with Crippen LogP contribution in [0.5, 0.6) is 0 Å². The Bertz CT molecular complexity index is 424. The van der Waals surface area contributed by atoms with Gasteiger partial charge in [0.1, 0.15) is 5.78 Å². The van der Waals surface area contributed by atoms with Crippen LogP contribution in [0, 0.1) is 16.7 Å². The van der Waals surface area contributed by atoms with Crippen molar-refractivity contribution in [2.24, 2.45) is 5.41 Å². The average Bonchev–Trinajstić information content (AvgIpc) is 2.24. The molecule has 0 aromatic heterocycles. The molecular weight excluding hydrogens is 198 g/mol. The molecule has 0 atom stereocenters. The molecule has 1 aliphatic rings. The van der Waals surface area contributed by atoms with Gasteiger partial charge in [-0.05, 0) is 31.2 Å². The van der Waals surface area contributed by atoms with Gasteiger partial charge < -0.3 is 0 Å². The van der Waals surface area contributed by atoms with Gasteiger partial charge in [-0.3, -0.25) is 4.79 Å². The van der Waals surface area contributed by atoms with E-state index in [1.54, 1.807) is 6.92 Å². The van der Waals surface area contributed by atoms with E-state index >= 15 is 0 Å². The fourth-order valence-corrected chi connectivity index (χ4v) is 2.60. The fraction of sp³-hybridized carbons (Fsp3) is 0.429. The number of rotatable bonds is 3. The largest absolute Gasteiger partial charge is 0.300 e. The number of ketones is 1. The number of Topliss-reactive ketones (excluding diaryl/α,β-unsaturated/α-hetero) is 1. The molecule has 0 spiro atoms. The molecule has 1 aromatic rings. The van der Waals surface area contributed by atoms with Gasteiger partial charge in [0.05, 0.1) is 11.5 Å². The van der Waals surface area contributed by atoms with Crippen LogP contribution in [0.25, 0.3) is 0 Å². The summed E-state index contributed by atoms with van der Waals surface area (Å²) in [6.07, 6.45) is 2.06. The third-order valence-electron chi connectivity index (χ3n) is 3.37. The zero-order chi connectivity index (χ0) is 11.6. The van der Waals surface area contributed by atoms with E-state index < -0.39 is 0 Å². The Labute approximate surface area is 95.9 Å². The maximum absolute atomic E-state index is 11.1. The van der Waals surface area contributed by atoms with Gasteiger partial charge in [-0.2, -0.15) is 5.26 Å². The summed E-state index contributed by atoms with van der Waals surface area (Å²) < 4.78 is 0. The Balaban J connectivity index is 2.03. The molecule has 82 valence electrons. The normalized spacial score (nSPS) is 27.9. The first-order valence-electron chi connectivity index (χ1n) is 5.61. The second-order valence-electron chi connectivity index (χ2n) is 4.79. The predicted octanol–water partition coefficient (Wildman–Crippen LogP) is 3.05. The number of nitriles is 1. The van der Waals surface area contributed by atoms with Crippen molar-refractivity contribution in [2.45, 2.75) is 32.1 Å². The Morgan fingerprint density at radius 1 is 1.44 bits per heavy atom. The van der Waals surface area contributed by atoms with Crippen LogP contribution >= 0.6 is 0 Å². The molecule has 0 radical (unpaired) electrons. The molecule has 1 aliphatic carbocycles. The first kappa shape index (κ1) is 10.9. The number of hydrogen-bond donors (Lipinski definition) is 0. The van der Waals surface area contributed by atoms with E-state index in [4.69, 9.17) is 5.26 Å². The first-order valence-corrected chi connectivity index (χ1v) is 5.61. The number of benzene rings is 1. The van der Waals surface area contributed by atoms with Gasteiger partial charge >= 0.3 is 0 Å². The smallest absolute Gasteiger partial charge is 0.131 e. The van der Waals surface area contributed by atoms with Gasteiger partial charge in [-0.1, -0.05) is 30.3 Å². The van der Waals surface area contributed by atoms with Gasteiger partial charge in [0.25, 0.3) is 0 Å². The lowest BCUT2D eigenvalue weighted by Gasteiger charge is -2.42. The van der Waals surface area contributed by atoms with Crippen molar-refractivity contribution in [3.8, 4) is 6.07 Å².